The molecular formula is C8H17NaO3. The first-order valence-corrected chi connectivity index (χ1v) is 4.07. The fourth-order valence-electron chi connectivity index (χ4n) is 0.724. The minimum atomic E-state index is -0.711. The molecule has 0 unspecified atom stereocenters. The van der Waals surface area contributed by atoms with E-state index < -0.39 is 5.97 Å². The van der Waals surface area contributed by atoms with Gasteiger partial charge < -0.3 is 11.3 Å². The van der Waals surface area contributed by atoms with Crippen molar-refractivity contribution in [3.8, 4) is 0 Å². The molecule has 1 rings (SSSR count). The zero-order valence-corrected chi connectivity index (χ0v) is 10.0. The van der Waals surface area contributed by atoms with Crippen LogP contribution >= 0.6 is 0 Å². The molecule has 0 aliphatic carbocycles. The van der Waals surface area contributed by atoms with Crippen molar-refractivity contribution in [1.82, 2.24) is 0 Å². The number of ether oxygens (including phenoxy) is 1. The van der Waals surface area contributed by atoms with Crippen LogP contribution in [0.1, 0.15) is 34.0 Å². The molecule has 4 heteroatoms. The second-order valence-electron chi connectivity index (χ2n) is 2.46. The molecule has 0 radical (unpaired) electrons. The normalized spacial score (nSPS) is 14.1. The molecule has 1 saturated heterocycles. The number of rotatable bonds is 2. The molecule has 1 aliphatic heterocycles. The van der Waals surface area contributed by atoms with Gasteiger partial charge in [0.25, 0.3) is 0 Å². The van der Waals surface area contributed by atoms with Crippen LogP contribution in [-0.4, -0.2) is 24.3 Å². The molecule has 1 N–H and O–H groups in total. The largest absolute Gasteiger partial charge is 1.00 e. The molecule has 0 aromatic carbocycles. The van der Waals surface area contributed by atoms with Gasteiger partial charge in [-0.2, -0.15) is 0 Å². The summed E-state index contributed by atoms with van der Waals surface area (Å²) < 4.78 is 4.94. The van der Waals surface area contributed by atoms with Crippen LogP contribution in [0.15, 0.2) is 0 Å². The van der Waals surface area contributed by atoms with Crippen LogP contribution < -0.4 is 29.6 Å². The third-order valence-electron chi connectivity index (χ3n) is 1.29. The van der Waals surface area contributed by atoms with Crippen molar-refractivity contribution >= 4 is 5.97 Å². The zero-order valence-electron chi connectivity index (χ0n) is 9.01. The van der Waals surface area contributed by atoms with Gasteiger partial charge in [0.2, 0.25) is 0 Å². The third-order valence-corrected chi connectivity index (χ3v) is 1.29. The van der Waals surface area contributed by atoms with E-state index in [9.17, 15) is 4.79 Å². The average Bonchev–Trinajstić information content (AvgIpc) is 2.41. The van der Waals surface area contributed by atoms with Crippen LogP contribution in [0.5, 0.6) is 0 Å². The number of carboxylic acid groups (broad SMARTS) is 1. The first kappa shape index (κ1) is 14.9. The summed E-state index contributed by atoms with van der Waals surface area (Å²) in [6, 6.07) is 0. The predicted octanol–water partition coefficient (Wildman–Crippen LogP) is -1.22. The van der Waals surface area contributed by atoms with Crippen LogP contribution in [-0.2, 0) is 9.53 Å². The number of aliphatic carboxylic acids is 1. The molecule has 68 valence electrons. The van der Waals surface area contributed by atoms with Crippen LogP contribution in [0.4, 0.5) is 0 Å². The van der Waals surface area contributed by atoms with Gasteiger partial charge in [0.15, 0.2) is 0 Å². The molecule has 12 heavy (non-hydrogen) atoms. The molecule has 0 aromatic rings. The maximum atomic E-state index is 9.60. The van der Waals surface area contributed by atoms with Gasteiger partial charge in [-0.1, -0.05) is 6.92 Å². The summed E-state index contributed by atoms with van der Waals surface area (Å²) in [6.07, 6.45) is 3.58. The van der Waals surface area contributed by atoms with Crippen molar-refractivity contribution in [2.45, 2.75) is 32.6 Å². The molecular weight excluding hydrogens is 167 g/mol. The van der Waals surface area contributed by atoms with Crippen LogP contribution in [0.25, 0.3) is 0 Å². The van der Waals surface area contributed by atoms with Crippen LogP contribution in [0.2, 0.25) is 0 Å². The van der Waals surface area contributed by atoms with Crippen LogP contribution in [0, 0.1) is 0 Å². The van der Waals surface area contributed by atoms with E-state index in [-0.39, 0.29) is 31.0 Å². The number of hydrogen-bond donors (Lipinski definition) is 1. The standard InChI is InChI=1S/C4H8O2.C4H8O.Na.H/c1-2-3-4(5)6;1-2-4-5-3-1;;/h2-3H2,1H3,(H,5,6);1-4H2;;/q;;+1;-1. The molecule has 1 fully saturated rings. The fraction of sp³-hybridized carbons (Fsp3) is 0.875. The van der Waals surface area contributed by atoms with E-state index in [1.54, 1.807) is 0 Å². The fourth-order valence-corrected chi connectivity index (χ4v) is 0.724. The van der Waals surface area contributed by atoms with E-state index in [0.29, 0.717) is 6.42 Å². The van der Waals surface area contributed by atoms with Crippen LogP contribution in [0.3, 0.4) is 0 Å². The Kier molecular flexibility index (Phi) is 14.2. The maximum absolute atomic E-state index is 9.60. The average molecular weight is 184 g/mol. The zero-order chi connectivity index (χ0) is 8.53. The summed E-state index contributed by atoms with van der Waals surface area (Å²) in [5.41, 5.74) is 0. The molecule has 0 bridgehead atoms. The van der Waals surface area contributed by atoms with Gasteiger partial charge in [-0.15, -0.1) is 0 Å². The molecule has 0 spiro atoms. The summed E-state index contributed by atoms with van der Waals surface area (Å²) in [7, 11) is 0. The number of carboxylic acids is 1. The van der Waals surface area contributed by atoms with Crippen molar-refractivity contribution < 1.29 is 45.6 Å². The minimum Gasteiger partial charge on any atom is -1.00 e. The van der Waals surface area contributed by atoms with Gasteiger partial charge in [-0.3, -0.25) is 4.79 Å². The quantitative estimate of drug-likeness (QED) is 0.547. The Balaban J connectivity index is -0.000000134. The molecule has 0 atom stereocenters. The molecule has 1 aliphatic rings. The molecule has 0 aromatic heterocycles. The molecule has 0 amide bonds. The smallest absolute Gasteiger partial charge is 1.00 e. The summed E-state index contributed by atoms with van der Waals surface area (Å²) in [6.45, 7) is 3.84. The summed E-state index contributed by atoms with van der Waals surface area (Å²) >= 11 is 0. The SMILES string of the molecule is C1CCOC1.CCCC(=O)O.[H-].[Na+]. The van der Waals surface area contributed by atoms with Crippen molar-refractivity contribution in [2.24, 2.45) is 0 Å². The number of carbonyl (C=O) groups is 1. The van der Waals surface area contributed by atoms with E-state index in [1.807, 2.05) is 6.92 Å². The summed E-state index contributed by atoms with van der Waals surface area (Å²) in [5.74, 6) is -0.711. The second-order valence-corrected chi connectivity index (χ2v) is 2.46. The third kappa shape index (κ3) is 13.1. The first-order valence-electron chi connectivity index (χ1n) is 4.07. The Morgan fingerprint density at radius 2 is 2.00 bits per heavy atom. The Hall–Kier alpha value is 0.430. The van der Waals surface area contributed by atoms with Gasteiger partial charge >= 0.3 is 35.5 Å². The Morgan fingerprint density at radius 1 is 1.50 bits per heavy atom. The van der Waals surface area contributed by atoms with Crippen molar-refractivity contribution in [3.05, 3.63) is 0 Å². The van der Waals surface area contributed by atoms with Crippen molar-refractivity contribution in [1.29, 1.82) is 0 Å². The maximum Gasteiger partial charge on any atom is 1.00 e. The van der Waals surface area contributed by atoms with Gasteiger partial charge in [0.05, 0.1) is 0 Å². The van der Waals surface area contributed by atoms with E-state index >= 15 is 0 Å². The van der Waals surface area contributed by atoms with Gasteiger partial charge in [-0.05, 0) is 19.3 Å². The second kappa shape index (κ2) is 11.4. The van der Waals surface area contributed by atoms with E-state index in [4.69, 9.17) is 9.84 Å². The van der Waals surface area contributed by atoms with Crippen molar-refractivity contribution in [2.75, 3.05) is 13.2 Å². The predicted molar refractivity (Wildman–Crippen MR) is 43.7 cm³/mol. The van der Waals surface area contributed by atoms with Gasteiger partial charge in [0, 0.05) is 19.6 Å². The van der Waals surface area contributed by atoms with E-state index in [2.05, 4.69) is 0 Å². The molecule has 1 heterocycles. The molecule has 0 saturated carbocycles. The topological polar surface area (TPSA) is 46.5 Å². The molecule has 3 nitrogen and oxygen atoms in total. The van der Waals surface area contributed by atoms with E-state index in [1.165, 1.54) is 12.8 Å². The minimum absolute atomic E-state index is 0. The first-order chi connectivity index (χ1) is 5.27. The Bertz CT molecular complexity index is 100.0. The van der Waals surface area contributed by atoms with Gasteiger partial charge in [-0.25, -0.2) is 0 Å². The summed E-state index contributed by atoms with van der Waals surface area (Å²) in [5, 5.41) is 7.91. The van der Waals surface area contributed by atoms with Gasteiger partial charge in [0.1, 0.15) is 0 Å². The Morgan fingerprint density at radius 3 is 2.08 bits per heavy atom. The summed E-state index contributed by atoms with van der Waals surface area (Å²) in [4.78, 5) is 9.60. The Labute approximate surface area is 97.3 Å². The van der Waals surface area contributed by atoms with E-state index in [0.717, 1.165) is 19.6 Å². The number of hydrogen-bond acceptors (Lipinski definition) is 2. The monoisotopic (exact) mass is 184 g/mol. The van der Waals surface area contributed by atoms with Crippen molar-refractivity contribution in [3.63, 3.8) is 0 Å².